The number of aromatic amines is 1. The van der Waals surface area contributed by atoms with Gasteiger partial charge in [0.1, 0.15) is 24.7 Å². The zero-order chi connectivity index (χ0) is 24.0. The molecule has 0 amide bonds. The smallest absolute Gasteiger partial charge is 0.348 e. The number of benzene rings is 4. The first-order chi connectivity index (χ1) is 17.2. The van der Waals surface area contributed by atoms with E-state index in [-0.39, 0.29) is 5.69 Å². The third-order valence-electron chi connectivity index (χ3n) is 5.61. The summed E-state index contributed by atoms with van der Waals surface area (Å²) in [6.45, 7) is 2.80. The Kier molecular flexibility index (Phi) is 6.44. The number of hydrogen-bond donors (Lipinski definition) is 1. The van der Waals surface area contributed by atoms with Gasteiger partial charge < -0.3 is 9.47 Å². The molecule has 0 saturated heterocycles. The van der Waals surface area contributed by atoms with Crippen molar-refractivity contribution in [1.82, 2.24) is 14.8 Å². The molecular weight excluding hydrogens is 438 g/mol. The van der Waals surface area contributed by atoms with E-state index in [0.29, 0.717) is 36.1 Å². The number of aromatic nitrogens is 3. The van der Waals surface area contributed by atoms with Crippen LogP contribution in [0.4, 0.5) is 0 Å². The van der Waals surface area contributed by atoms with Crippen LogP contribution in [0.15, 0.2) is 108 Å². The van der Waals surface area contributed by atoms with Crippen molar-refractivity contribution in [2.24, 2.45) is 0 Å². The van der Waals surface area contributed by atoms with Crippen molar-refractivity contribution in [2.75, 3.05) is 0 Å². The van der Waals surface area contributed by atoms with E-state index in [1.165, 1.54) is 0 Å². The molecule has 6 heteroatoms. The molecule has 0 aliphatic rings. The van der Waals surface area contributed by atoms with E-state index in [4.69, 9.17) is 9.47 Å². The fourth-order valence-electron chi connectivity index (χ4n) is 3.86. The Labute approximate surface area is 203 Å². The van der Waals surface area contributed by atoms with Gasteiger partial charge in [0.15, 0.2) is 5.82 Å². The minimum Gasteiger partial charge on any atom is -0.489 e. The fraction of sp³-hybridized carbons (Fsp3) is 0.103. The molecule has 0 bridgehead atoms. The van der Waals surface area contributed by atoms with Gasteiger partial charge in [0.2, 0.25) is 0 Å². The highest BCUT2D eigenvalue weighted by Crippen LogP contribution is 2.34. The summed E-state index contributed by atoms with van der Waals surface area (Å²) in [5, 5.41) is 6.92. The second-order valence-electron chi connectivity index (χ2n) is 8.23. The standard InChI is InChI=1S/C29H25N3O3/c1-21-9-8-14-24(17-21)32-28(30-31-29(32)33)26-16-15-25(34-19-22-10-4-2-5-11-22)18-27(26)35-20-23-12-6-3-7-13-23/h2-18H,19-20H2,1H3,(H,31,33). The van der Waals surface area contributed by atoms with Crippen molar-refractivity contribution >= 4 is 0 Å². The Morgan fingerprint density at radius 3 is 2.14 bits per heavy atom. The Hall–Kier alpha value is -4.58. The topological polar surface area (TPSA) is 69.1 Å². The Bertz CT molecular complexity index is 1470. The predicted octanol–water partition coefficient (Wildman–Crippen LogP) is 5.69. The van der Waals surface area contributed by atoms with Crippen LogP contribution in [-0.4, -0.2) is 14.8 Å². The van der Waals surface area contributed by atoms with Crippen LogP contribution in [0.25, 0.3) is 17.1 Å². The summed E-state index contributed by atoms with van der Waals surface area (Å²) in [6.07, 6.45) is 0. The molecule has 0 aliphatic carbocycles. The third kappa shape index (κ3) is 5.17. The third-order valence-corrected chi connectivity index (χ3v) is 5.61. The van der Waals surface area contributed by atoms with Crippen molar-refractivity contribution in [3.05, 3.63) is 130 Å². The van der Waals surface area contributed by atoms with E-state index in [0.717, 1.165) is 22.4 Å². The summed E-state index contributed by atoms with van der Waals surface area (Å²) in [6, 6.07) is 33.2. The molecule has 174 valence electrons. The van der Waals surface area contributed by atoms with E-state index >= 15 is 0 Å². The number of rotatable bonds is 8. The number of nitrogens with zero attached hydrogens (tertiary/aromatic N) is 2. The molecule has 0 aliphatic heterocycles. The van der Waals surface area contributed by atoms with Crippen LogP contribution in [0, 0.1) is 6.92 Å². The lowest BCUT2D eigenvalue weighted by Crippen LogP contribution is -2.16. The summed E-state index contributed by atoms with van der Waals surface area (Å²) in [5.41, 5.74) is 4.26. The average Bonchev–Trinajstić information content (AvgIpc) is 3.28. The maximum Gasteiger partial charge on any atom is 0.348 e. The molecule has 0 fully saturated rings. The summed E-state index contributed by atoms with van der Waals surface area (Å²) >= 11 is 0. The van der Waals surface area contributed by atoms with Crippen LogP contribution in [0.1, 0.15) is 16.7 Å². The Balaban J connectivity index is 1.52. The molecule has 5 aromatic rings. The molecule has 1 aromatic heterocycles. The molecule has 35 heavy (non-hydrogen) atoms. The molecule has 5 rings (SSSR count). The first-order valence-corrected chi connectivity index (χ1v) is 11.4. The summed E-state index contributed by atoms with van der Waals surface area (Å²) in [5.74, 6) is 1.71. The van der Waals surface area contributed by atoms with Crippen molar-refractivity contribution in [2.45, 2.75) is 20.1 Å². The van der Waals surface area contributed by atoms with Crippen molar-refractivity contribution in [3.63, 3.8) is 0 Å². The van der Waals surface area contributed by atoms with Crippen molar-refractivity contribution in [1.29, 1.82) is 0 Å². The van der Waals surface area contributed by atoms with Gasteiger partial charge in [-0.15, -0.1) is 0 Å². The van der Waals surface area contributed by atoms with Crippen LogP contribution in [0.5, 0.6) is 11.5 Å². The molecule has 6 nitrogen and oxygen atoms in total. The Morgan fingerprint density at radius 1 is 0.771 bits per heavy atom. The average molecular weight is 464 g/mol. The van der Waals surface area contributed by atoms with Crippen LogP contribution < -0.4 is 15.2 Å². The lowest BCUT2D eigenvalue weighted by molar-refractivity contribution is 0.290. The highest BCUT2D eigenvalue weighted by Gasteiger charge is 2.18. The van der Waals surface area contributed by atoms with Crippen molar-refractivity contribution in [3.8, 4) is 28.6 Å². The van der Waals surface area contributed by atoms with E-state index in [1.54, 1.807) is 4.57 Å². The normalized spacial score (nSPS) is 10.8. The number of nitrogens with one attached hydrogen (secondary N) is 1. The molecule has 1 heterocycles. The zero-order valence-electron chi connectivity index (χ0n) is 19.3. The van der Waals surface area contributed by atoms with Gasteiger partial charge in [-0.2, -0.15) is 5.10 Å². The zero-order valence-corrected chi connectivity index (χ0v) is 19.3. The minimum atomic E-state index is -0.316. The molecule has 0 atom stereocenters. The molecular formula is C29H25N3O3. The van der Waals surface area contributed by atoms with Gasteiger partial charge >= 0.3 is 5.69 Å². The largest absolute Gasteiger partial charge is 0.489 e. The van der Waals surface area contributed by atoms with Crippen molar-refractivity contribution < 1.29 is 9.47 Å². The monoisotopic (exact) mass is 463 g/mol. The van der Waals surface area contributed by atoms with Crippen LogP contribution in [0.2, 0.25) is 0 Å². The molecule has 0 radical (unpaired) electrons. The second kappa shape index (κ2) is 10.1. The predicted molar refractivity (Wildman–Crippen MR) is 136 cm³/mol. The molecule has 1 N–H and O–H groups in total. The van der Waals surface area contributed by atoms with Gasteiger partial charge in [-0.1, -0.05) is 72.8 Å². The SMILES string of the molecule is Cc1cccc(-n2c(-c3ccc(OCc4ccccc4)cc3OCc3ccccc3)n[nH]c2=O)c1. The number of aryl methyl sites for hydroxylation is 1. The van der Waals surface area contributed by atoms with Crippen LogP contribution in [-0.2, 0) is 13.2 Å². The van der Waals surface area contributed by atoms with Gasteiger partial charge in [-0.25, -0.2) is 14.5 Å². The number of hydrogen-bond acceptors (Lipinski definition) is 4. The maximum absolute atomic E-state index is 12.7. The summed E-state index contributed by atoms with van der Waals surface area (Å²) < 4.78 is 13.8. The van der Waals surface area contributed by atoms with Crippen LogP contribution >= 0.6 is 0 Å². The van der Waals surface area contributed by atoms with Gasteiger partial charge in [0.25, 0.3) is 0 Å². The van der Waals surface area contributed by atoms with E-state index in [9.17, 15) is 4.79 Å². The molecule has 0 unspecified atom stereocenters. The quantitative estimate of drug-likeness (QED) is 0.321. The highest BCUT2D eigenvalue weighted by molar-refractivity contribution is 5.67. The maximum atomic E-state index is 12.7. The first kappa shape index (κ1) is 22.2. The van der Waals surface area contributed by atoms with Gasteiger partial charge in [-0.3, -0.25) is 0 Å². The van der Waals surface area contributed by atoms with Gasteiger partial charge in [0, 0.05) is 6.07 Å². The number of H-pyrrole nitrogens is 1. The van der Waals surface area contributed by atoms with Gasteiger partial charge in [0.05, 0.1) is 11.3 Å². The molecule has 4 aromatic carbocycles. The highest BCUT2D eigenvalue weighted by atomic mass is 16.5. The molecule has 0 saturated carbocycles. The fourth-order valence-corrected chi connectivity index (χ4v) is 3.86. The van der Waals surface area contributed by atoms with Gasteiger partial charge in [-0.05, 0) is 47.9 Å². The van der Waals surface area contributed by atoms with E-state index < -0.39 is 0 Å². The lowest BCUT2D eigenvalue weighted by atomic mass is 10.1. The summed E-state index contributed by atoms with van der Waals surface area (Å²) in [4.78, 5) is 12.7. The molecule has 0 spiro atoms. The number of ether oxygens (including phenoxy) is 2. The van der Waals surface area contributed by atoms with E-state index in [1.807, 2.05) is 110 Å². The first-order valence-electron chi connectivity index (χ1n) is 11.4. The minimum absolute atomic E-state index is 0.316. The van der Waals surface area contributed by atoms with Crippen LogP contribution in [0.3, 0.4) is 0 Å². The summed E-state index contributed by atoms with van der Waals surface area (Å²) in [7, 11) is 0. The van der Waals surface area contributed by atoms with E-state index in [2.05, 4.69) is 10.2 Å². The Morgan fingerprint density at radius 2 is 1.46 bits per heavy atom. The second-order valence-corrected chi connectivity index (χ2v) is 8.23. The lowest BCUT2D eigenvalue weighted by Gasteiger charge is -2.15.